The van der Waals surface area contributed by atoms with E-state index < -0.39 is 56.7 Å². The number of aromatic nitrogens is 1. The van der Waals surface area contributed by atoms with E-state index in [-0.39, 0.29) is 33.4 Å². The summed E-state index contributed by atoms with van der Waals surface area (Å²) in [6, 6.07) is 8.49. The fourth-order valence-electron chi connectivity index (χ4n) is 3.44. The number of pyridine rings is 1. The lowest BCUT2D eigenvalue weighted by Crippen LogP contribution is -2.09. The second-order valence-electron chi connectivity index (χ2n) is 6.94. The average Bonchev–Trinajstić information content (AvgIpc) is 2.74. The largest absolute Gasteiger partial charge is 0.478 e. The van der Waals surface area contributed by atoms with Gasteiger partial charge in [-0.25, -0.2) is 22.4 Å². The Bertz CT molecular complexity index is 1590. The molecule has 5 nitrogen and oxygen atoms in total. The number of nitriles is 1. The number of halogens is 5. The smallest absolute Gasteiger partial charge is 0.338 e. The van der Waals surface area contributed by atoms with Crippen LogP contribution in [-0.4, -0.2) is 16.1 Å². The van der Waals surface area contributed by atoms with Gasteiger partial charge in [-0.3, -0.25) is 4.79 Å². The molecule has 0 saturated carbocycles. The molecule has 0 aliphatic heterocycles. The van der Waals surface area contributed by atoms with Crippen LogP contribution in [0.25, 0.3) is 33.3 Å². The SMILES string of the molecule is N#Cc1ccc(Cl)c(-c2cc(=O)c3c(F)c(-c4cc(C(=O)O)c(F)cc4F)c(F)cc3[nH]2)c1. The van der Waals surface area contributed by atoms with E-state index in [2.05, 4.69) is 4.98 Å². The number of nitrogens with zero attached hydrogens (tertiary/aromatic N) is 1. The Kier molecular flexibility index (Phi) is 5.39. The number of benzene rings is 3. The number of H-pyrrole nitrogens is 1. The van der Waals surface area contributed by atoms with Gasteiger partial charge in [0.25, 0.3) is 0 Å². The van der Waals surface area contributed by atoms with Crippen molar-refractivity contribution in [3.8, 4) is 28.5 Å². The molecule has 1 heterocycles. The molecule has 0 unspecified atom stereocenters. The highest BCUT2D eigenvalue weighted by atomic mass is 35.5. The summed E-state index contributed by atoms with van der Waals surface area (Å²) in [4.78, 5) is 26.6. The molecule has 4 aromatic rings. The van der Waals surface area contributed by atoms with Crippen LogP contribution in [0.15, 0.2) is 47.3 Å². The second kappa shape index (κ2) is 8.07. The zero-order chi connectivity index (χ0) is 24.0. The number of carboxylic acid groups (broad SMARTS) is 1. The van der Waals surface area contributed by atoms with Crippen LogP contribution in [0.1, 0.15) is 15.9 Å². The summed E-state index contributed by atoms with van der Waals surface area (Å²) < 4.78 is 58.3. The topological polar surface area (TPSA) is 93.9 Å². The zero-order valence-electron chi connectivity index (χ0n) is 16.1. The Morgan fingerprint density at radius 3 is 2.36 bits per heavy atom. The molecule has 0 saturated heterocycles. The Morgan fingerprint density at radius 1 is 0.970 bits per heavy atom. The summed E-state index contributed by atoms with van der Waals surface area (Å²) in [6.07, 6.45) is 0. The van der Waals surface area contributed by atoms with Gasteiger partial charge in [-0.05, 0) is 30.3 Å². The fraction of sp³-hybridized carbons (Fsp3) is 0. The van der Waals surface area contributed by atoms with Crippen LogP contribution in [0.3, 0.4) is 0 Å². The van der Waals surface area contributed by atoms with E-state index >= 15 is 4.39 Å². The highest BCUT2D eigenvalue weighted by molar-refractivity contribution is 6.33. The van der Waals surface area contributed by atoms with Crippen molar-refractivity contribution in [3.05, 3.63) is 92.1 Å². The molecule has 0 atom stereocenters. The number of rotatable bonds is 3. The van der Waals surface area contributed by atoms with E-state index in [1.807, 2.05) is 6.07 Å². The van der Waals surface area contributed by atoms with E-state index in [0.29, 0.717) is 6.07 Å². The van der Waals surface area contributed by atoms with E-state index in [4.69, 9.17) is 22.0 Å². The fourth-order valence-corrected chi connectivity index (χ4v) is 3.66. The lowest BCUT2D eigenvalue weighted by atomic mass is 9.98. The molecular formula is C23H9ClF4N2O3. The van der Waals surface area contributed by atoms with Gasteiger partial charge in [0.05, 0.1) is 39.4 Å². The van der Waals surface area contributed by atoms with Gasteiger partial charge in [-0.1, -0.05) is 11.6 Å². The van der Waals surface area contributed by atoms with Crippen molar-refractivity contribution in [3.63, 3.8) is 0 Å². The first-order valence-corrected chi connectivity index (χ1v) is 9.48. The van der Waals surface area contributed by atoms with Crippen molar-refractivity contribution in [2.75, 3.05) is 0 Å². The number of carbonyl (C=O) groups is 1. The highest BCUT2D eigenvalue weighted by Crippen LogP contribution is 2.34. The molecule has 0 fully saturated rings. The first-order valence-electron chi connectivity index (χ1n) is 9.10. The van der Waals surface area contributed by atoms with E-state index in [1.165, 1.54) is 18.2 Å². The molecule has 4 rings (SSSR count). The minimum absolute atomic E-state index is 0.0716. The molecule has 0 bridgehead atoms. The van der Waals surface area contributed by atoms with Crippen molar-refractivity contribution in [2.24, 2.45) is 0 Å². The van der Waals surface area contributed by atoms with Crippen LogP contribution < -0.4 is 5.43 Å². The first kappa shape index (κ1) is 22.0. The van der Waals surface area contributed by atoms with Gasteiger partial charge in [0, 0.05) is 28.3 Å². The third-order valence-corrected chi connectivity index (χ3v) is 5.28. The molecular weight excluding hydrogens is 464 g/mol. The number of hydrogen-bond acceptors (Lipinski definition) is 3. The van der Waals surface area contributed by atoms with Crippen molar-refractivity contribution in [1.82, 2.24) is 4.98 Å². The predicted molar refractivity (Wildman–Crippen MR) is 112 cm³/mol. The minimum Gasteiger partial charge on any atom is -0.478 e. The third-order valence-electron chi connectivity index (χ3n) is 4.95. The summed E-state index contributed by atoms with van der Waals surface area (Å²) in [5, 5.41) is 17.6. The van der Waals surface area contributed by atoms with Crippen LogP contribution in [0.2, 0.25) is 5.02 Å². The average molecular weight is 473 g/mol. The molecule has 0 aliphatic carbocycles. The van der Waals surface area contributed by atoms with Crippen LogP contribution in [0.5, 0.6) is 0 Å². The normalized spacial score (nSPS) is 10.9. The minimum atomic E-state index is -1.77. The Morgan fingerprint density at radius 2 is 1.70 bits per heavy atom. The van der Waals surface area contributed by atoms with Crippen molar-refractivity contribution >= 4 is 28.5 Å². The number of fused-ring (bicyclic) bond motifs is 1. The zero-order valence-corrected chi connectivity index (χ0v) is 16.9. The summed E-state index contributed by atoms with van der Waals surface area (Å²) in [5.74, 6) is -7.40. The number of aromatic amines is 1. The molecule has 0 amide bonds. The summed E-state index contributed by atoms with van der Waals surface area (Å²) in [5.41, 5.74) is -3.57. The lowest BCUT2D eigenvalue weighted by Gasteiger charge is -2.12. The van der Waals surface area contributed by atoms with Gasteiger partial charge in [0.15, 0.2) is 5.43 Å². The van der Waals surface area contributed by atoms with E-state index in [0.717, 1.165) is 12.1 Å². The standard InChI is InChI=1S/C23H9ClF4N2O3/c24-13-2-1-9(8-29)3-10(13)17-7-19(31)21-18(30-17)6-16(27)20(22(21)28)11-4-12(23(32)33)15(26)5-14(11)25/h1-7H,(H,30,31)(H,32,33). The third kappa shape index (κ3) is 3.70. The molecule has 164 valence electrons. The van der Waals surface area contributed by atoms with Crippen LogP contribution >= 0.6 is 11.6 Å². The molecule has 3 aromatic carbocycles. The number of hydrogen-bond donors (Lipinski definition) is 2. The first-order chi connectivity index (χ1) is 15.6. The summed E-state index contributed by atoms with van der Waals surface area (Å²) >= 11 is 6.13. The van der Waals surface area contributed by atoms with Gasteiger partial charge in [0.1, 0.15) is 23.3 Å². The monoisotopic (exact) mass is 472 g/mol. The Balaban J connectivity index is 2.00. The molecule has 0 spiro atoms. The number of aromatic carboxylic acids is 1. The quantitative estimate of drug-likeness (QED) is 0.377. The molecule has 0 radical (unpaired) electrons. The maximum atomic E-state index is 15.3. The van der Waals surface area contributed by atoms with Gasteiger partial charge >= 0.3 is 5.97 Å². The van der Waals surface area contributed by atoms with Crippen LogP contribution in [0.4, 0.5) is 17.6 Å². The molecule has 1 aromatic heterocycles. The van der Waals surface area contributed by atoms with E-state index in [9.17, 15) is 22.8 Å². The molecule has 10 heteroatoms. The number of carboxylic acids is 1. The Labute approximate surface area is 187 Å². The van der Waals surface area contributed by atoms with E-state index in [1.54, 1.807) is 0 Å². The summed E-state index contributed by atoms with van der Waals surface area (Å²) in [7, 11) is 0. The summed E-state index contributed by atoms with van der Waals surface area (Å²) in [6.45, 7) is 0. The van der Waals surface area contributed by atoms with Gasteiger partial charge in [-0.15, -0.1) is 0 Å². The van der Waals surface area contributed by atoms with Crippen molar-refractivity contribution in [2.45, 2.75) is 0 Å². The highest BCUT2D eigenvalue weighted by Gasteiger charge is 2.24. The van der Waals surface area contributed by atoms with Gasteiger partial charge in [0.2, 0.25) is 0 Å². The van der Waals surface area contributed by atoms with Gasteiger partial charge < -0.3 is 10.1 Å². The maximum absolute atomic E-state index is 15.3. The van der Waals surface area contributed by atoms with Crippen LogP contribution in [-0.2, 0) is 0 Å². The molecule has 33 heavy (non-hydrogen) atoms. The van der Waals surface area contributed by atoms with Crippen LogP contribution in [0, 0.1) is 34.6 Å². The molecule has 2 N–H and O–H groups in total. The van der Waals surface area contributed by atoms with Crippen molar-refractivity contribution < 1.29 is 27.5 Å². The van der Waals surface area contributed by atoms with Gasteiger partial charge in [-0.2, -0.15) is 5.26 Å². The predicted octanol–water partition coefficient (Wildman–Crippen LogP) is 5.64. The second-order valence-corrected chi connectivity index (χ2v) is 7.35. The lowest BCUT2D eigenvalue weighted by molar-refractivity contribution is 0.0692. The maximum Gasteiger partial charge on any atom is 0.338 e. The van der Waals surface area contributed by atoms with Crippen molar-refractivity contribution in [1.29, 1.82) is 5.26 Å². The molecule has 0 aliphatic rings. The Hall–Kier alpha value is -4.16. The number of nitrogens with one attached hydrogen (secondary N) is 1.